The minimum absolute atomic E-state index is 0.0372. The highest BCUT2D eigenvalue weighted by atomic mass is 35.5. The van der Waals surface area contributed by atoms with Gasteiger partial charge in [0.1, 0.15) is 0 Å². The van der Waals surface area contributed by atoms with Gasteiger partial charge >= 0.3 is 0 Å². The van der Waals surface area contributed by atoms with Crippen LogP contribution in [0.2, 0.25) is 5.02 Å². The van der Waals surface area contributed by atoms with E-state index >= 15 is 0 Å². The summed E-state index contributed by atoms with van der Waals surface area (Å²) in [6, 6.07) is 9.26. The summed E-state index contributed by atoms with van der Waals surface area (Å²) in [4.78, 5) is 15.6. The maximum atomic E-state index is 12.2. The first kappa shape index (κ1) is 13.5. The van der Waals surface area contributed by atoms with Crippen molar-refractivity contribution in [2.24, 2.45) is 0 Å². The average Bonchev–Trinajstić information content (AvgIpc) is 3.16. The zero-order chi connectivity index (χ0) is 15.1. The van der Waals surface area contributed by atoms with Crippen LogP contribution in [-0.2, 0) is 6.42 Å². The molecule has 2 heterocycles. The predicted octanol–water partition coefficient (Wildman–Crippen LogP) is 4.22. The predicted molar refractivity (Wildman–Crippen MR) is 85.2 cm³/mol. The van der Waals surface area contributed by atoms with Gasteiger partial charge < -0.3 is 14.7 Å². The number of para-hydroxylation sites is 1. The van der Waals surface area contributed by atoms with Crippen LogP contribution in [0, 0.1) is 0 Å². The second-order valence-electron chi connectivity index (χ2n) is 5.58. The van der Waals surface area contributed by atoms with Crippen molar-refractivity contribution in [3.8, 4) is 0 Å². The smallest absolute Gasteiger partial charge is 0.287 e. The summed E-state index contributed by atoms with van der Waals surface area (Å²) in [7, 11) is 0. The lowest BCUT2D eigenvalue weighted by molar-refractivity contribution is 0.0904. The largest absolute Gasteiger partial charge is 0.459 e. The fourth-order valence-corrected chi connectivity index (χ4v) is 3.46. The van der Waals surface area contributed by atoms with Gasteiger partial charge in [-0.1, -0.05) is 23.7 Å². The quantitative estimate of drug-likeness (QED) is 0.744. The van der Waals surface area contributed by atoms with Gasteiger partial charge in [0.2, 0.25) is 0 Å². The van der Waals surface area contributed by atoms with E-state index in [9.17, 15) is 4.79 Å². The SMILES string of the molecule is O=C(N[C@@H]1CCCc2c1[nH]c1c(Cl)cccc21)c1ccco1. The molecule has 0 radical (unpaired) electrons. The van der Waals surface area contributed by atoms with Gasteiger partial charge in [0, 0.05) is 11.1 Å². The first-order valence-electron chi connectivity index (χ1n) is 7.37. The number of nitrogens with one attached hydrogen (secondary N) is 2. The molecule has 1 aromatic carbocycles. The van der Waals surface area contributed by atoms with Gasteiger partial charge in [-0.3, -0.25) is 4.79 Å². The average molecular weight is 315 g/mol. The molecule has 0 saturated carbocycles. The van der Waals surface area contributed by atoms with Crippen LogP contribution < -0.4 is 5.32 Å². The van der Waals surface area contributed by atoms with Crippen LogP contribution >= 0.6 is 11.6 Å². The second-order valence-corrected chi connectivity index (χ2v) is 5.98. The molecule has 2 N–H and O–H groups in total. The van der Waals surface area contributed by atoms with E-state index in [1.54, 1.807) is 12.1 Å². The van der Waals surface area contributed by atoms with Crippen molar-refractivity contribution >= 4 is 28.4 Å². The topological polar surface area (TPSA) is 58.0 Å². The van der Waals surface area contributed by atoms with Crippen LogP contribution in [0.15, 0.2) is 41.0 Å². The molecule has 22 heavy (non-hydrogen) atoms. The van der Waals surface area contributed by atoms with E-state index in [1.807, 2.05) is 12.1 Å². The van der Waals surface area contributed by atoms with Gasteiger partial charge in [-0.05, 0) is 43.0 Å². The monoisotopic (exact) mass is 314 g/mol. The summed E-state index contributed by atoms with van der Waals surface area (Å²) >= 11 is 6.28. The molecule has 0 aliphatic heterocycles. The molecule has 4 nitrogen and oxygen atoms in total. The van der Waals surface area contributed by atoms with Gasteiger partial charge in [0.25, 0.3) is 5.91 Å². The number of carbonyl (C=O) groups is 1. The summed E-state index contributed by atoms with van der Waals surface area (Å²) in [5.74, 6) is 0.147. The molecule has 1 amide bonds. The first-order chi connectivity index (χ1) is 10.7. The Morgan fingerprint density at radius 1 is 1.32 bits per heavy atom. The molecule has 4 rings (SSSR count). The van der Waals surface area contributed by atoms with Crippen molar-refractivity contribution in [1.29, 1.82) is 0 Å². The number of carbonyl (C=O) groups excluding carboxylic acids is 1. The Labute approximate surface area is 132 Å². The molecule has 1 atom stereocenters. The fourth-order valence-electron chi connectivity index (χ4n) is 3.23. The molecular weight excluding hydrogens is 300 g/mol. The summed E-state index contributed by atoms with van der Waals surface area (Å²) in [5, 5.41) is 4.91. The van der Waals surface area contributed by atoms with E-state index in [0.29, 0.717) is 10.8 Å². The number of hydrogen-bond donors (Lipinski definition) is 2. The molecule has 112 valence electrons. The fraction of sp³-hybridized carbons (Fsp3) is 0.235. The van der Waals surface area contributed by atoms with Crippen molar-refractivity contribution in [1.82, 2.24) is 10.3 Å². The van der Waals surface area contributed by atoms with E-state index in [-0.39, 0.29) is 11.9 Å². The molecule has 0 fully saturated rings. The van der Waals surface area contributed by atoms with E-state index < -0.39 is 0 Å². The third-order valence-electron chi connectivity index (χ3n) is 4.24. The summed E-state index contributed by atoms with van der Waals surface area (Å²) in [6.07, 6.45) is 4.45. The zero-order valence-electron chi connectivity index (χ0n) is 11.9. The molecule has 0 saturated heterocycles. The summed E-state index contributed by atoms with van der Waals surface area (Å²) < 4.78 is 5.16. The van der Waals surface area contributed by atoms with Crippen LogP contribution in [0.1, 0.15) is 40.7 Å². The third-order valence-corrected chi connectivity index (χ3v) is 4.56. The number of halogens is 1. The number of amides is 1. The van der Waals surface area contributed by atoms with Gasteiger partial charge in [-0.25, -0.2) is 0 Å². The zero-order valence-corrected chi connectivity index (χ0v) is 12.6. The number of aromatic amines is 1. The van der Waals surface area contributed by atoms with Crippen molar-refractivity contribution < 1.29 is 9.21 Å². The van der Waals surface area contributed by atoms with E-state index in [1.165, 1.54) is 11.8 Å². The van der Waals surface area contributed by atoms with Crippen molar-refractivity contribution in [3.05, 3.63) is 58.6 Å². The number of fused-ring (bicyclic) bond motifs is 3. The van der Waals surface area contributed by atoms with Crippen LogP contribution in [0.5, 0.6) is 0 Å². The maximum Gasteiger partial charge on any atom is 0.287 e. The molecule has 0 bridgehead atoms. The summed E-state index contributed by atoms with van der Waals surface area (Å²) in [6.45, 7) is 0. The van der Waals surface area contributed by atoms with Crippen molar-refractivity contribution in [2.75, 3.05) is 0 Å². The molecule has 3 aromatic rings. The number of H-pyrrole nitrogens is 1. The molecule has 0 unspecified atom stereocenters. The lowest BCUT2D eigenvalue weighted by Gasteiger charge is -2.23. The van der Waals surface area contributed by atoms with E-state index in [4.69, 9.17) is 16.0 Å². The van der Waals surface area contributed by atoms with Gasteiger partial charge in [0.05, 0.1) is 22.8 Å². The number of aryl methyl sites for hydroxylation is 1. The summed E-state index contributed by atoms with van der Waals surface area (Å²) in [5.41, 5.74) is 3.27. The Bertz CT molecular complexity index is 836. The highest BCUT2D eigenvalue weighted by Gasteiger charge is 2.26. The van der Waals surface area contributed by atoms with Gasteiger partial charge in [0.15, 0.2) is 5.76 Å². The van der Waals surface area contributed by atoms with Crippen LogP contribution in [-0.4, -0.2) is 10.9 Å². The Hall–Kier alpha value is -2.20. The van der Waals surface area contributed by atoms with E-state index in [2.05, 4.69) is 16.4 Å². The number of furan rings is 1. The minimum atomic E-state index is -0.187. The molecular formula is C17H15ClN2O2. The maximum absolute atomic E-state index is 12.2. The number of aromatic nitrogens is 1. The minimum Gasteiger partial charge on any atom is -0.459 e. The highest BCUT2D eigenvalue weighted by Crippen LogP contribution is 2.37. The Balaban J connectivity index is 1.72. The number of hydrogen-bond acceptors (Lipinski definition) is 2. The molecule has 2 aromatic heterocycles. The van der Waals surface area contributed by atoms with Gasteiger partial charge in [-0.2, -0.15) is 0 Å². The third kappa shape index (κ3) is 2.11. The molecule has 1 aliphatic rings. The van der Waals surface area contributed by atoms with Gasteiger partial charge in [-0.15, -0.1) is 0 Å². The molecule has 0 spiro atoms. The Morgan fingerprint density at radius 2 is 2.23 bits per heavy atom. The van der Waals surface area contributed by atoms with Crippen molar-refractivity contribution in [2.45, 2.75) is 25.3 Å². The van der Waals surface area contributed by atoms with Crippen LogP contribution in [0.25, 0.3) is 10.9 Å². The number of benzene rings is 1. The molecule has 1 aliphatic carbocycles. The Morgan fingerprint density at radius 3 is 3.05 bits per heavy atom. The van der Waals surface area contributed by atoms with Crippen LogP contribution in [0.3, 0.4) is 0 Å². The normalized spacial score (nSPS) is 17.4. The molecule has 5 heteroatoms. The van der Waals surface area contributed by atoms with Crippen molar-refractivity contribution in [3.63, 3.8) is 0 Å². The van der Waals surface area contributed by atoms with Crippen LogP contribution in [0.4, 0.5) is 0 Å². The number of rotatable bonds is 2. The lowest BCUT2D eigenvalue weighted by atomic mass is 9.91. The second kappa shape index (κ2) is 5.21. The first-order valence-corrected chi connectivity index (χ1v) is 7.75. The highest BCUT2D eigenvalue weighted by molar-refractivity contribution is 6.35. The standard InChI is InChI=1S/C17H15ClN2O2/c18-12-6-1-4-10-11-5-2-7-13(16(11)20-15(10)12)19-17(21)14-8-3-9-22-14/h1,3-4,6,8-9,13,20H,2,5,7H2,(H,19,21)/t13-/m1/s1. The Kier molecular flexibility index (Phi) is 3.19. The van der Waals surface area contributed by atoms with E-state index in [0.717, 1.165) is 35.9 Å². The lowest BCUT2D eigenvalue weighted by Crippen LogP contribution is -2.30.